The number of carbonyl (C=O) groups is 1. The molecule has 1 aromatic rings. The van der Waals surface area contributed by atoms with Gasteiger partial charge in [0, 0.05) is 6.61 Å². The maximum Gasteiger partial charge on any atom is 0.336 e. The van der Waals surface area contributed by atoms with E-state index in [1.54, 1.807) is 0 Å². The van der Waals surface area contributed by atoms with Crippen molar-refractivity contribution >= 4 is 5.97 Å². The van der Waals surface area contributed by atoms with E-state index < -0.39 is 11.8 Å². The first kappa shape index (κ1) is 15.6. The molecule has 0 aromatic heterocycles. The molecule has 1 aromatic carbocycles. The second-order valence-corrected chi connectivity index (χ2v) is 4.57. The molecular weight excluding hydrogens is 247 g/mol. The van der Waals surface area contributed by atoms with Crippen LogP contribution in [0.4, 0.5) is 4.39 Å². The largest absolute Gasteiger partial charge is 0.478 e. The van der Waals surface area contributed by atoms with Gasteiger partial charge < -0.3 is 9.84 Å². The number of aromatic carboxylic acids is 1. The number of unbranched alkanes of at least 4 members (excludes halogenated alkanes) is 4. The van der Waals surface area contributed by atoms with E-state index in [9.17, 15) is 9.18 Å². The quantitative estimate of drug-likeness (QED) is 0.688. The van der Waals surface area contributed by atoms with Gasteiger partial charge >= 0.3 is 5.97 Å². The highest BCUT2D eigenvalue weighted by Gasteiger charge is 2.11. The number of halogens is 1. The van der Waals surface area contributed by atoms with Crippen LogP contribution in [-0.4, -0.2) is 17.7 Å². The molecule has 19 heavy (non-hydrogen) atoms. The molecule has 0 saturated heterocycles. The SMILES string of the molecule is CCCCCCCOCc1ccc(F)cc1C(=O)O. The molecule has 0 atom stereocenters. The Balaban J connectivity index is 2.35. The second-order valence-electron chi connectivity index (χ2n) is 4.57. The minimum atomic E-state index is -1.12. The predicted octanol–water partition coefficient (Wildman–Crippen LogP) is 4.01. The molecule has 0 radical (unpaired) electrons. The van der Waals surface area contributed by atoms with Crippen LogP contribution in [0.1, 0.15) is 54.9 Å². The van der Waals surface area contributed by atoms with Crippen LogP contribution in [0.2, 0.25) is 0 Å². The third-order valence-corrected chi connectivity index (χ3v) is 2.95. The van der Waals surface area contributed by atoms with Gasteiger partial charge in [-0.3, -0.25) is 0 Å². The van der Waals surface area contributed by atoms with Crippen LogP contribution in [0.5, 0.6) is 0 Å². The third kappa shape index (κ3) is 5.83. The number of carboxylic acid groups (broad SMARTS) is 1. The van der Waals surface area contributed by atoms with Crippen molar-refractivity contribution in [3.05, 3.63) is 35.1 Å². The number of ether oxygens (including phenoxy) is 1. The Morgan fingerprint density at radius 2 is 2.00 bits per heavy atom. The van der Waals surface area contributed by atoms with Crippen molar-refractivity contribution in [1.29, 1.82) is 0 Å². The summed E-state index contributed by atoms with van der Waals surface area (Å²) in [5.41, 5.74) is 0.494. The Labute approximate surface area is 113 Å². The molecule has 1 rings (SSSR count). The summed E-state index contributed by atoms with van der Waals surface area (Å²) in [5, 5.41) is 8.97. The lowest BCUT2D eigenvalue weighted by Gasteiger charge is -2.07. The zero-order valence-corrected chi connectivity index (χ0v) is 11.3. The van der Waals surface area contributed by atoms with Gasteiger partial charge in [0.1, 0.15) is 5.82 Å². The fourth-order valence-corrected chi connectivity index (χ4v) is 1.86. The zero-order valence-electron chi connectivity index (χ0n) is 11.3. The van der Waals surface area contributed by atoms with Gasteiger partial charge in [-0.15, -0.1) is 0 Å². The van der Waals surface area contributed by atoms with E-state index in [-0.39, 0.29) is 12.2 Å². The molecule has 0 amide bonds. The number of hydrogen-bond donors (Lipinski definition) is 1. The molecule has 0 aliphatic heterocycles. The third-order valence-electron chi connectivity index (χ3n) is 2.95. The first-order valence-electron chi connectivity index (χ1n) is 6.74. The van der Waals surface area contributed by atoms with E-state index in [1.165, 1.54) is 31.4 Å². The van der Waals surface area contributed by atoms with E-state index in [0.29, 0.717) is 12.2 Å². The summed E-state index contributed by atoms with van der Waals surface area (Å²) in [5.74, 6) is -1.67. The van der Waals surface area contributed by atoms with E-state index >= 15 is 0 Å². The molecular formula is C15H21FO3. The van der Waals surface area contributed by atoms with Crippen LogP contribution < -0.4 is 0 Å². The lowest BCUT2D eigenvalue weighted by atomic mass is 10.1. The maximum atomic E-state index is 13.0. The van der Waals surface area contributed by atoms with Crippen molar-refractivity contribution in [1.82, 2.24) is 0 Å². The summed E-state index contributed by atoms with van der Waals surface area (Å²) >= 11 is 0. The standard InChI is InChI=1S/C15H21FO3/c1-2-3-4-5-6-9-19-11-12-7-8-13(16)10-14(12)15(17)18/h7-8,10H,2-6,9,11H2,1H3,(H,17,18). The van der Waals surface area contributed by atoms with E-state index in [0.717, 1.165) is 18.9 Å². The van der Waals surface area contributed by atoms with Crippen molar-refractivity contribution in [2.24, 2.45) is 0 Å². The van der Waals surface area contributed by atoms with Crippen LogP contribution in [0.25, 0.3) is 0 Å². The normalized spacial score (nSPS) is 10.6. The average Bonchev–Trinajstić information content (AvgIpc) is 2.39. The van der Waals surface area contributed by atoms with Crippen molar-refractivity contribution in [2.75, 3.05) is 6.61 Å². The number of carboxylic acids is 1. The van der Waals surface area contributed by atoms with Crippen molar-refractivity contribution < 1.29 is 19.0 Å². The fourth-order valence-electron chi connectivity index (χ4n) is 1.86. The predicted molar refractivity (Wildman–Crippen MR) is 71.8 cm³/mol. The fraction of sp³-hybridized carbons (Fsp3) is 0.533. The molecule has 4 heteroatoms. The molecule has 0 spiro atoms. The van der Waals surface area contributed by atoms with Crippen LogP contribution in [0.3, 0.4) is 0 Å². The molecule has 0 saturated carbocycles. The van der Waals surface area contributed by atoms with Gasteiger partial charge in [-0.2, -0.15) is 0 Å². The van der Waals surface area contributed by atoms with Crippen molar-refractivity contribution in [2.45, 2.75) is 45.6 Å². The maximum absolute atomic E-state index is 13.0. The van der Waals surface area contributed by atoms with Crippen LogP contribution >= 0.6 is 0 Å². The Hall–Kier alpha value is -1.42. The Morgan fingerprint density at radius 1 is 1.26 bits per heavy atom. The van der Waals surface area contributed by atoms with Crippen molar-refractivity contribution in [3.8, 4) is 0 Å². The molecule has 0 unspecified atom stereocenters. The zero-order chi connectivity index (χ0) is 14.1. The lowest BCUT2D eigenvalue weighted by molar-refractivity contribution is 0.0686. The molecule has 0 heterocycles. The Bertz CT molecular complexity index is 404. The molecule has 0 aliphatic carbocycles. The molecule has 1 N–H and O–H groups in total. The molecule has 0 aliphatic rings. The van der Waals surface area contributed by atoms with E-state index in [4.69, 9.17) is 9.84 Å². The number of hydrogen-bond acceptors (Lipinski definition) is 2. The Kier molecular flexibility index (Phi) is 7.11. The first-order chi connectivity index (χ1) is 9.15. The van der Waals surface area contributed by atoms with Crippen molar-refractivity contribution in [3.63, 3.8) is 0 Å². The smallest absolute Gasteiger partial charge is 0.336 e. The highest BCUT2D eigenvalue weighted by molar-refractivity contribution is 5.89. The van der Waals surface area contributed by atoms with Gasteiger partial charge in [0.15, 0.2) is 0 Å². The minimum absolute atomic E-state index is 0.0222. The van der Waals surface area contributed by atoms with E-state index in [1.807, 2.05) is 0 Å². The molecule has 3 nitrogen and oxygen atoms in total. The highest BCUT2D eigenvalue weighted by atomic mass is 19.1. The van der Waals surface area contributed by atoms with Gasteiger partial charge in [-0.05, 0) is 24.1 Å². The summed E-state index contributed by atoms with van der Waals surface area (Å²) in [7, 11) is 0. The van der Waals surface area contributed by atoms with Gasteiger partial charge in [-0.25, -0.2) is 9.18 Å². The summed E-state index contributed by atoms with van der Waals surface area (Å²) in [6.45, 7) is 2.99. The summed E-state index contributed by atoms with van der Waals surface area (Å²) in [6.07, 6.45) is 5.75. The second kappa shape index (κ2) is 8.64. The van der Waals surface area contributed by atoms with E-state index in [2.05, 4.69) is 6.92 Å². The Morgan fingerprint density at radius 3 is 2.68 bits per heavy atom. The molecule has 0 bridgehead atoms. The average molecular weight is 268 g/mol. The first-order valence-corrected chi connectivity index (χ1v) is 6.74. The summed E-state index contributed by atoms with van der Waals surface area (Å²) in [6, 6.07) is 3.75. The van der Waals surface area contributed by atoms with Crippen LogP contribution in [-0.2, 0) is 11.3 Å². The van der Waals surface area contributed by atoms with Gasteiger partial charge in [-0.1, -0.05) is 38.7 Å². The monoisotopic (exact) mass is 268 g/mol. The van der Waals surface area contributed by atoms with Crippen LogP contribution in [0, 0.1) is 5.82 Å². The topological polar surface area (TPSA) is 46.5 Å². The van der Waals surface area contributed by atoms with Gasteiger partial charge in [0.2, 0.25) is 0 Å². The minimum Gasteiger partial charge on any atom is -0.478 e. The molecule has 106 valence electrons. The molecule has 0 fully saturated rings. The summed E-state index contributed by atoms with van der Waals surface area (Å²) < 4.78 is 18.4. The van der Waals surface area contributed by atoms with Crippen LogP contribution in [0.15, 0.2) is 18.2 Å². The number of rotatable bonds is 9. The number of benzene rings is 1. The van der Waals surface area contributed by atoms with Gasteiger partial charge in [0.05, 0.1) is 12.2 Å². The summed E-state index contributed by atoms with van der Waals surface area (Å²) in [4.78, 5) is 11.0. The highest BCUT2D eigenvalue weighted by Crippen LogP contribution is 2.13. The lowest BCUT2D eigenvalue weighted by Crippen LogP contribution is -2.05. The van der Waals surface area contributed by atoms with Gasteiger partial charge in [0.25, 0.3) is 0 Å².